The van der Waals surface area contributed by atoms with Crippen LogP contribution in [0.3, 0.4) is 0 Å². The standard InChI is InChI=1S/C21H28N6O/c28-18-9-7-8-17(14-18)16-22-25-19-15-20(26-10-3-1-4-11-26)24-21(23-19)27-12-5-2-6-13-27/h7-9,14-16,28H,1-6,10-13H2,(H,23,24,25)/b22-16+. The summed E-state index contributed by atoms with van der Waals surface area (Å²) in [4.78, 5) is 14.2. The average Bonchev–Trinajstić information content (AvgIpc) is 2.75. The van der Waals surface area contributed by atoms with Gasteiger partial charge in [0, 0.05) is 32.2 Å². The van der Waals surface area contributed by atoms with Crippen LogP contribution < -0.4 is 15.2 Å². The predicted molar refractivity (Wildman–Crippen MR) is 113 cm³/mol. The fraction of sp³-hybridized carbons (Fsp3) is 0.476. The number of anilines is 3. The smallest absolute Gasteiger partial charge is 0.229 e. The van der Waals surface area contributed by atoms with Crippen LogP contribution in [0.5, 0.6) is 5.75 Å². The number of aromatic hydroxyl groups is 1. The summed E-state index contributed by atoms with van der Waals surface area (Å²) in [7, 11) is 0. The van der Waals surface area contributed by atoms with Gasteiger partial charge in [0.15, 0.2) is 5.82 Å². The third kappa shape index (κ3) is 4.71. The Morgan fingerprint density at radius 1 is 0.893 bits per heavy atom. The molecule has 2 aliphatic heterocycles. The van der Waals surface area contributed by atoms with Crippen molar-refractivity contribution in [2.75, 3.05) is 41.4 Å². The third-order valence-corrected chi connectivity index (χ3v) is 5.28. The minimum Gasteiger partial charge on any atom is -0.508 e. The highest BCUT2D eigenvalue weighted by atomic mass is 16.3. The summed E-state index contributed by atoms with van der Waals surface area (Å²) in [5, 5.41) is 13.9. The van der Waals surface area contributed by atoms with Crippen LogP contribution in [0.1, 0.15) is 44.1 Å². The number of rotatable bonds is 5. The fourth-order valence-electron chi connectivity index (χ4n) is 3.78. The van der Waals surface area contributed by atoms with E-state index in [2.05, 4.69) is 20.3 Å². The Hall–Kier alpha value is -2.83. The summed E-state index contributed by atoms with van der Waals surface area (Å²) in [6.45, 7) is 4.11. The van der Waals surface area contributed by atoms with Crippen molar-refractivity contribution in [1.82, 2.24) is 9.97 Å². The summed E-state index contributed by atoms with van der Waals surface area (Å²) in [6.07, 6.45) is 9.05. The van der Waals surface area contributed by atoms with E-state index in [0.29, 0.717) is 5.82 Å². The van der Waals surface area contributed by atoms with Gasteiger partial charge in [0.1, 0.15) is 11.6 Å². The fourth-order valence-corrected chi connectivity index (χ4v) is 3.78. The van der Waals surface area contributed by atoms with Crippen LogP contribution in [0.15, 0.2) is 35.4 Å². The highest BCUT2D eigenvalue weighted by Gasteiger charge is 2.19. The van der Waals surface area contributed by atoms with E-state index in [0.717, 1.165) is 43.5 Å². The van der Waals surface area contributed by atoms with E-state index in [1.807, 2.05) is 12.1 Å². The van der Waals surface area contributed by atoms with Crippen molar-refractivity contribution in [3.05, 3.63) is 35.9 Å². The molecule has 2 fully saturated rings. The summed E-state index contributed by atoms with van der Waals surface area (Å²) in [5.41, 5.74) is 3.88. The number of hydrogen-bond donors (Lipinski definition) is 2. The molecular weight excluding hydrogens is 352 g/mol. The molecule has 0 unspecified atom stereocenters. The maximum atomic E-state index is 9.58. The van der Waals surface area contributed by atoms with Gasteiger partial charge < -0.3 is 14.9 Å². The van der Waals surface area contributed by atoms with Gasteiger partial charge in [0.2, 0.25) is 5.95 Å². The minimum atomic E-state index is 0.228. The second-order valence-electron chi connectivity index (χ2n) is 7.47. The molecule has 0 atom stereocenters. The number of hydrogen-bond acceptors (Lipinski definition) is 7. The van der Waals surface area contributed by atoms with Gasteiger partial charge in [-0.05, 0) is 56.2 Å². The van der Waals surface area contributed by atoms with Crippen molar-refractivity contribution in [3.63, 3.8) is 0 Å². The lowest BCUT2D eigenvalue weighted by Crippen LogP contribution is -2.33. The van der Waals surface area contributed by atoms with E-state index >= 15 is 0 Å². The summed E-state index contributed by atoms with van der Waals surface area (Å²) < 4.78 is 0. The zero-order valence-electron chi connectivity index (χ0n) is 16.2. The Bertz CT molecular complexity index is 776. The largest absolute Gasteiger partial charge is 0.508 e. The lowest BCUT2D eigenvalue weighted by atomic mass is 10.1. The first-order valence-corrected chi connectivity index (χ1v) is 10.2. The molecule has 28 heavy (non-hydrogen) atoms. The van der Waals surface area contributed by atoms with Crippen molar-refractivity contribution in [3.8, 4) is 5.75 Å². The minimum absolute atomic E-state index is 0.228. The first kappa shape index (κ1) is 18.5. The molecule has 0 saturated carbocycles. The molecule has 0 bridgehead atoms. The lowest BCUT2D eigenvalue weighted by molar-refractivity contribution is 0.475. The van der Waals surface area contributed by atoms with Crippen molar-refractivity contribution in [2.24, 2.45) is 5.10 Å². The van der Waals surface area contributed by atoms with Gasteiger partial charge in [0.05, 0.1) is 6.21 Å². The first-order valence-electron chi connectivity index (χ1n) is 10.2. The Balaban J connectivity index is 1.55. The zero-order valence-corrected chi connectivity index (χ0v) is 16.2. The Morgan fingerprint density at radius 2 is 1.61 bits per heavy atom. The number of nitrogens with one attached hydrogen (secondary N) is 1. The molecule has 0 spiro atoms. The summed E-state index contributed by atoms with van der Waals surface area (Å²) >= 11 is 0. The van der Waals surface area contributed by atoms with E-state index in [4.69, 9.17) is 9.97 Å². The van der Waals surface area contributed by atoms with Gasteiger partial charge in [-0.2, -0.15) is 15.1 Å². The number of nitrogens with zero attached hydrogens (tertiary/aromatic N) is 5. The number of phenols is 1. The zero-order chi connectivity index (χ0) is 19.2. The average molecular weight is 380 g/mol. The van der Waals surface area contributed by atoms with Crippen LogP contribution in [0.4, 0.5) is 17.6 Å². The molecule has 1 aromatic heterocycles. The van der Waals surface area contributed by atoms with Crippen LogP contribution in [-0.2, 0) is 0 Å². The third-order valence-electron chi connectivity index (χ3n) is 5.28. The van der Waals surface area contributed by atoms with E-state index in [9.17, 15) is 5.11 Å². The molecule has 7 heteroatoms. The molecule has 2 aromatic rings. The second-order valence-corrected chi connectivity index (χ2v) is 7.47. The van der Waals surface area contributed by atoms with Crippen molar-refractivity contribution < 1.29 is 5.11 Å². The highest BCUT2D eigenvalue weighted by molar-refractivity contribution is 5.80. The van der Waals surface area contributed by atoms with E-state index < -0.39 is 0 Å². The summed E-state index contributed by atoms with van der Waals surface area (Å²) in [5.74, 6) is 2.70. The van der Waals surface area contributed by atoms with Crippen molar-refractivity contribution >= 4 is 23.8 Å². The van der Waals surface area contributed by atoms with Crippen LogP contribution in [0, 0.1) is 0 Å². The lowest BCUT2D eigenvalue weighted by Gasteiger charge is -2.31. The monoisotopic (exact) mass is 380 g/mol. The van der Waals surface area contributed by atoms with E-state index in [1.54, 1.807) is 24.4 Å². The quantitative estimate of drug-likeness (QED) is 0.610. The van der Waals surface area contributed by atoms with Crippen LogP contribution >= 0.6 is 0 Å². The molecule has 2 aliphatic rings. The highest BCUT2D eigenvalue weighted by Crippen LogP contribution is 2.25. The molecule has 1 aromatic carbocycles. The van der Waals surface area contributed by atoms with Gasteiger partial charge in [0.25, 0.3) is 0 Å². The van der Waals surface area contributed by atoms with Crippen LogP contribution in [0.25, 0.3) is 0 Å². The van der Waals surface area contributed by atoms with Gasteiger partial charge in [-0.1, -0.05) is 12.1 Å². The number of phenolic OH excluding ortho intramolecular Hbond substituents is 1. The molecular formula is C21H28N6O. The molecule has 0 radical (unpaired) electrons. The SMILES string of the molecule is Oc1cccc(/C=N/Nc2cc(N3CCCCC3)nc(N3CCCCC3)n2)c1. The molecule has 0 aliphatic carbocycles. The number of aromatic nitrogens is 2. The van der Waals surface area contributed by atoms with Gasteiger partial charge >= 0.3 is 0 Å². The first-order chi connectivity index (χ1) is 13.8. The maximum Gasteiger partial charge on any atom is 0.229 e. The predicted octanol–water partition coefficient (Wildman–Crippen LogP) is 3.61. The Morgan fingerprint density at radius 3 is 2.32 bits per heavy atom. The van der Waals surface area contributed by atoms with Gasteiger partial charge in [-0.25, -0.2) is 0 Å². The molecule has 2 N–H and O–H groups in total. The molecule has 4 rings (SSSR count). The summed E-state index contributed by atoms with van der Waals surface area (Å²) in [6, 6.07) is 8.99. The second kappa shape index (κ2) is 8.91. The number of hydrazone groups is 1. The molecule has 0 amide bonds. The van der Waals surface area contributed by atoms with Crippen LogP contribution in [0.2, 0.25) is 0 Å². The van der Waals surface area contributed by atoms with Crippen molar-refractivity contribution in [1.29, 1.82) is 0 Å². The number of benzene rings is 1. The van der Waals surface area contributed by atoms with Gasteiger partial charge in [-0.3, -0.25) is 5.43 Å². The number of piperidine rings is 2. The van der Waals surface area contributed by atoms with E-state index in [1.165, 1.54) is 38.5 Å². The Kier molecular flexibility index (Phi) is 5.89. The Labute approximate surface area is 166 Å². The molecule has 7 nitrogen and oxygen atoms in total. The van der Waals surface area contributed by atoms with E-state index in [-0.39, 0.29) is 5.75 Å². The molecule has 148 valence electrons. The topological polar surface area (TPSA) is 76.9 Å². The van der Waals surface area contributed by atoms with Crippen molar-refractivity contribution in [2.45, 2.75) is 38.5 Å². The molecule has 2 saturated heterocycles. The van der Waals surface area contributed by atoms with Gasteiger partial charge in [-0.15, -0.1) is 0 Å². The maximum absolute atomic E-state index is 9.58. The van der Waals surface area contributed by atoms with Crippen LogP contribution in [-0.4, -0.2) is 47.5 Å². The normalized spacial score (nSPS) is 17.9. The molecule has 3 heterocycles.